The third-order valence-corrected chi connectivity index (χ3v) is 10.7. The van der Waals surface area contributed by atoms with E-state index >= 15 is 0 Å². The minimum absolute atomic E-state index is 0.0306. The second-order valence-corrected chi connectivity index (χ2v) is 17.0. The zero-order valence-electron chi connectivity index (χ0n) is 40.3. The number of ether oxygens (including phenoxy) is 3. The predicted molar refractivity (Wildman–Crippen MR) is 247 cm³/mol. The van der Waals surface area contributed by atoms with Crippen molar-refractivity contribution < 1.29 is 68.2 Å². The summed E-state index contributed by atoms with van der Waals surface area (Å²) in [5.74, 6) is -3.02. The quantitative estimate of drug-likeness (QED) is 0.0194. The number of cyclic esters (lactones) is 2. The maximum atomic E-state index is 11.3. The first-order valence-corrected chi connectivity index (χ1v) is 25.2. The second-order valence-electron chi connectivity index (χ2n) is 17.0. The summed E-state index contributed by atoms with van der Waals surface area (Å²) in [5, 5.41) is 34.9. The van der Waals surface area contributed by atoms with Crippen LogP contribution in [0.25, 0.3) is 0 Å². The first-order valence-electron chi connectivity index (χ1n) is 25.2. The van der Waals surface area contributed by atoms with Crippen LogP contribution in [0, 0.1) is 0 Å². The molecule has 4 N–H and O–H groups in total. The van der Waals surface area contributed by atoms with Gasteiger partial charge in [-0.3, -0.25) is 24.0 Å². The molecule has 2 aliphatic heterocycles. The number of aliphatic hydroxyl groups excluding tert-OH is 2. The Morgan fingerprint density at radius 3 is 1.12 bits per heavy atom. The van der Waals surface area contributed by atoms with Gasteiger partial charge in [0, 0.05) is 6.42 Å². The summed E-state index contributed by atoms with van der Waals surface area (Å²) in [6, 6.07) is 0. The zero-order chi connectivity index (χ0) is 48.2. The summed E-state index contributed by atoms with van der Waals surface area (Å²) in [6.07, 6.45) is 41.9. The third-order valence-electron chi connectivity index (χ3n) is 10.7. The molecular weight excluding hydrogens is 825 g/mol. The molecule has 2 aliphatic rings. The van der Waals surface area contributed by atoms with Gasteiger partial charge >= 0.3 is 36.0 Å². The number of rotatable bonds is 39. The molecule has 2 heterocycles. The molecule has 0 saturated carbocycles. The Kier molecular flexibility index (Phi) is 55.1. The molecule has 0 radical (unpaired) electrons. The number of carbonyl (C=O) groups excluding carboxylic acids is 5. The lowest BCUT2D eigenvalue weighted by Crippen LogP contribution is -2.19. The van der Waals surface area contributed by atoms with Crippen molar-refractivity contribution in [2.75, 3.05) is 19.8 Å². The fourth-order valence-electron chi connectivity index (χ4n) is 6.74. The van der Waals surface area contributed by atoms with Crippen molar-refractivity contribution in [3.05, 3.63) is 0 Å². The number of carbonyl (C=O) groups is 5. The molecule has 0 bridgehead atoms. The van der Waals surface area contributed by atoms with E-state index in [0.717, 1.165) is 32.3 Å². The molecule has 2 atom stereocenters. The molecule has 0 amide bonds. The van der Waals surface area contributed by atoms with Gasteiger partial charge in [0.15, 0.2) is 0 Å². The number of carboxylic acid groups (broad SMARTS) is 2. The van der Waals surface area contributed by atoms with E-state index in [-0.39, 0.29) is 51.2 Å². The zero-order valence-corrected chi connectivity index (χ0v) is 40.3. The molecular formula is C50H92O14. The lowest BCUT2D eigenvalue weighted by Gasteiger charge is -2.11. The van der Waals surface area contributed by atoms with E-state index in [4.69, 9.17) is 29.6 Å². The van der Waals surface area contributed by atoms with Crippen LogP contribution in [0.5, 0.6) is 0 Å². The number of hydrogen-bond acceptors (Lipinski definition) is 12. The Bertz CT molecular complexity index is 1090. The van der Waals surface area contributed by atoms with Crippen LogP contribution in [-0.2, 0) is 47.8 Å². The van der Waals surface area contributed by atoms with Crippen molar-refractivity contribution in [1.82, 2.24) is 0 Å². The minimum atomic E-state index is -1.02. The van der Waals surface area contributed by atoms with Gasteiger partial charge in [0.1, 0.15) is 12.7 Å². The van der Waals surface area contributed by atoms with Crippen molar-refractivity contribution in [3.8, 4) is 0 Å². The Labute approximate surface area is 386 Å². The highest BCUT2D eigenvalue weighted by Gasteiger charge is 2.20. The number of unbranched alkanes of at least 4 members (excludes halogenated alkanes) is 29. The number of esters is 3. The van der Waals surface area contributed by atoms with Gasteiger partial charge in [-0.1, -0.05) is 206 Å². The smallest absolute Gasteiger partial charge is 0.373 e. The van der Waals surface area contributed by atoms with Crippen LogP contribution in [0.4, 0.5) is 0 Å². The van der Waals surface area contributed by atoms with E-state index < -0.39 is 36.0 Å². The molecule has 2 rings (SSSR count). The van der Waals surface area contributed by atoms with E-state index in [1.165, 1.54) is 173 Å². The summed E-state index contributed by atoms with van der Waals surface area (Å²) < 4.78 is 13.6. The second kappa shape index (κ2) is 54.1. The number of aliphatic carboxylic acids is 2. The predicted octanol–water partition coefficient (Wildman–Crippen LogP) is 11.4. The van der Waals surface area contributed by atoms with E-state index in [9.17, 15) is 29.1 Å². The average molecular weight is 917 g/mol. The molecule has 2 fully saturated rings. The monoisotopic (exact) mass is 917 g/mol. The maximum absolute atomic E-state index is 11.3. The summed E-state index contributed by atoms with van der Waals surface area (Å²) in [6.45, 7) is 5.46. The Hall–Kier alpha value is -3.19. The number of hydrogen-bond donors (Lipinski definition) is 4. The maximum Gasteiger partial charge on any atom is 0.373 e. The molecule has 2 unspecified atom stereocenters. The van der Waals surface area contributed by atoms with Crippen LogP contribution in [-0.4, -0.2) is 88.5 Å². The van der Waals surface area contributed by atoms with E-state index in [2.05, 4.69) is 23.3 Å². The van der Waals surface area contributed by atoms with Crippen molar-refractivity contribution in [2.24, 2.45) is 0 Å². The van der Waals surface area contributed by atoms with Gasteiger partial charge in [0.25, 0.3) is 0 Å². The molecule has 2 saturated heterocycles. The summed E-state index contributed by atoms with van der Waals surface area (Å²) >= 11 is 0. The van der Waals surface area contributed by atoms with Crippen LogP contribution in [0.15, 0.2) is 0 Å². The highest BCUT2D eigenvalue weighted by atomic mass is 16.6. The van der Waals surface area contributed by atoms with Gasteiger partial charge in [0.2, 0.25) is 0 Å². The minimum Gasteiger partial charge on any atom is -0.481 e. The molecule has 14 heteroatoms. The average Bonchev–Trinajstić information content (AvgIpc) is 4.04. The molecule has 0 aromatic heterocycles. The Morgan fingerprint density at radius 1 is 0.562 bits per heavy atom. The first kappa shape index (κ1) is 65.1. The van der Waals surface area contributed by atoms with Crippen molar-refractivity contribution >= 4 is 36.0 Å². The fraction of sp³-hybridized carbons (Fsp3) is 0.880. The molecule has 64 heavy (non-hydrogen) atoms. The van der Waals surface area contributed by atoms with Crippen LogP contribution >= 0.6 is 0 Å². The van der Waals surface area contributed by atoms with Crippen molar-refractivity contribution in [2.45, 2.75) is 264 Å². The SMILES string of the molecule is CCCCCCCCCCCCCCCCCC(=O)O.CCCCCCCCCCCCCCCCCCC(O)COC(=O)CCC(=O)O.O=C1CCC(=O)O1.O=C=O.OCC1CO1. The molecule has 376 valence electrons. The van der Waals surface area contributed by atoms with Crippen molar-refractivity contribution in [3.63, 3.8) is 0 Å². The largest absolute Gasteiger partial charge is 0.481 e. The molecule has 0 aliphatic carbocycles. The highest BCUT2D eigenvalue weighted by molar-refractivity contribution is 5.92. The van der Waals surface area contributed by atoms with Gasteiger partial charge in [-0.2, -0.15) is 9.59 Å². The molecule has 0 aromatic rings. The van der Waals surface area contributed by atoms with Crippen LogP contribution in [0.2, 0.25) is 0 Å². The summed E-state index contributed by atoms with van der Waals surface area (Å²) in [7, 11) is 0. The van der Waals surface area contributed by atoms with Gasteiger partial charge in [-0.25, -0.2) is 0 Å². The van der Waals surface area contributed by atoms with Crippen LogP contribution < -0.4 is 0 Å². The summed E-state index contributed by atoms with van der Waals surface area (Å²) in [4.78, 5) is 68.2. The fourth-order valence-corrected chi connectivity index (χ4v) is 6.74. The Morgan fingerprint density at radius 2 is 0.875 bits per heavy atom. The summed E-state index contributed by atoms with van der Waals surface area (Å²) in [5.41, 5.74) is 0. The number of aliphatic hydroxyl groups is 2. The first-order chi connectivity index (χ1) is 31.0. The molecule has 0 spiro atoms. The Balaban J connectivity index is -0.000000898. The lowest BCUT2D eigenvalue weighted by molar-refractivity contribution is -0.192. The lowest BCUT2D eigenvalue weighted by atomic mass is 10.0. The van der Waals surface area contributed by atoms with Crippen LogP contribution in [0.1, 0.15) is 251 Å². The number of epoxide rings is 1. The van der Waals surface area contributed by atoms with Gasteiger partial charge in [-0.15, -0.1) is 0 Å². The van der Waals surface area contributed by atoms with Gasteiger partial charge in [-0.05, 0) is 12.8 Å². The number of carboxylic acids is 2. The normalized spacial score (nSPS) is 13.8. The molecule has 0 aromatic carbocycles. The molecule has 14 nitrogen and oxygen atoms in total. The van der Waals surface area contributed by atoms with Crippen molar-refractivity contribution in [1.29, 1.82) is 0 Å². The van der Waals surface area contributed by atoms with E-state index in [1.807, 2.05) is 0 Å². The topological polar surface area (TPSA) is 231 Å². The van der Waals surface area contributed by atoms with Gasteiger partial charge in [0.05, 0.1) is 45.0 Å². The standard InChI is InChI=1S/C24H46O5.C18H36O2.C4H4O3.C3H6O2.CO2/c1-2-3-4-5-6-7-8-9-10-11-12-13-14-15-16-17-18-22(25)21-29-24(28)20-19-23(26)27;1-2-3-4-5-6-7-8-9-10-11-12-13-14-15-16-17-18(19)20;5-3-1-2-4(6)7-3;4-1-3-2-5-3;2-1-3/h22,25H,2-21H2,1H3,(H,26,27);2-17H2,1H3,(H,19,20);1-2H2;3-4H,1-2H2;. The van der Waals surface area contributed by atoms with E-state index in [1.54, 1.807) is 0 Å². The van der Waals surface area contributed by atoms with E-state index in [0.29, 0.717) is 12.8 Å². The van der Waals surface area contributed by atoms with Gasteiger partial charge < -0.3 is 34.6 Å². The highest BCUT2D eigenvalue weighted by Crippen LogP contribution is 2.16. The van der Waals surface area contributed by atoms with Crippen LogP contribution in [0.3, 0.4) is 0 Å². The third kappa shape index (κ3) is 63.1.